The molecule has 1 aromatic heterocycles. The van der Waals surface area contributed by atoms with Crippen molar-refractivity contribution in [2.75, 3.05) is 12.4 Å². The van der Waals surface area contributed by atoms with Gasteiger partial charge in [-0.3, -0.25) is 14.2 Å². The molecule has 0 saturated carbocycles. The number of nitrogens with one attached hydrogen (secondary N) is 1. The normalized spacial score (nSPS) is 10.2. The summed E-state index contributed by atoms with van der Waals surface area (Å²) < 4.78 is 5.81. The van der Waals surface area contributed by atoms with Crippen LogP contribution in [0.15, 0.2) is 20.7 Å². The molecule has 0 radical (unpaired) electrons. The van der Waals surface area contributed by atoms with Crippen LogP contribution in [-0.4, -0.2) is 27.9 Å². The van der Waals surface area contributed by atoms with E-state index in [1.807, 2.05) is 0 Å². The Kier molecular flexibility index (Phi) is 5.02. The van der Waals surface area contributed by atoms with Crippen molar-refractivity contribution >= 4 is 17.7 Å². The number of esters is 1. The average molecular weight is 258 g/mol. The van der Waals surface area contributed by atoms with Crippen molar-refractivity contribution in [3.63, 3.8) is 0 Å². The van der Waals surface area contributed by atoms with Crippen molar-refractivity contribution in [2.45, 2.75) is 25.4 Å². The first-order valence-electron chi connectivity index (χ1n) is 5.21. The van der Waals surface area contributed by atoms with Crippen LogP contribution >= 0.6 is 11.8 Å². The molecule has 0 aliphatic heterocycles. The van der Waals surface area contributed by atoms with Crippen molar-refractivity contribution < 1.29 is 9.53 Å². The van der Waals surface area contributed by atoms with Gasteiger partial charge < -0.3 is 9.72 Å². The minimum Gasteiger partial charge on any atom is -0.465 e. The van der Waals surface area contributed by atoms with E-state index in [2.05, 4.69) is 4.98 Å². The number of aromatic amines is 1. The van der Waals surface area contributed by atoms with Crippen molar-refractivity contribution in [1.82, 2.24) is 9.55 Å². The van der Waals surface area contributed by atoms with Crippen LogP contribution in [0.25, 0.3) is 0 Å². The molecule has 1 heterocycles. The summed E-state index contributed by atoms with van der Waals surface area (Å²) in [7, 11) is 0. The predicted molar refractivity (Wildman–Crippen MR) is 64.4 cm³/mol. The summed E-state index contributed by atoms with van der Waals surface area (Å²) in [4.78, 5) is 36.5. The van der Waals surface area contributed by atoms with Crippen LogP contribution < -0.4 is 11.2 Å². The zero-order valence-corrected chi connectivity index (χ0v) is 10.5. The lowest BCUT2D eigenvalue weighted by Gasteiger charge is -2.03. The Morgan fingerprint density at radius 3 is 2.71 bits per heavy atom. The first kappa shape index (κ1) is 13.6. The standard InChI is InChI=1S/C10H14N2O4S/c1-3-12-8(13)5-7(11-10(12)15)17-6-9(14)16-4-2/h5H,3-4,6H2,1-2H3,(H,11,15). The summed E-state index contributed by atoms with van der Waals surface area (Å²) >= 11 is 1.07. The highest BCUT2D eigenvalue weighted by Gasteiger charge is 2.06. The first-order valence-corrected chi connectivity index (χ1v) is 6.19. The summed E-state index contributed by atoms with van der Waals surface area (Å²) in [5, 5.41) is 0.373. The maximum absolute atomic E-state index is 11.5. The third kappa shape index (κ3) is 3.77. The van der Waals surface area contributed by atoms with E-state index in [1.54, 1.807) is 13.8 Å². The highest BCUT2D eigenvalue weighted by atomic mass is 32.2. The minimum absolute atomic E-state index is 0.0688. The molecule has 1 rings (SSSR count). The molecule has 1 aromatic rings. The highest BCUT2D eigenvalue weighted by molar-refractivity contribution is 7.99. The summed E-state index contributed by atoms with van der Waals surface area (Å²) in [6, 6.07) is 1.30. The largest absolute Gasteiger partial charge is 0.465 e. The van der Waals surface area contributed by atoms with Gasteiger partial charge in [0.25, 0.3) is 5.56 Å². The molecule has 0 fully saturated rings. The topological polar surface area (TPSA) is 81.2 Å². The second-order valence-corrected chi connectivity index (χ2v) is 4.13. The number of rotatable bonds is 5. The van der Waals surface area contributed by atoms with Gasteiger partial charge in [-0.25, -0.2) is 4.79 Å². The van der Waals surface area contributed by atoms with Crippen molar-refractivity contribution in [2.24, 2.45) is 0 Å². The zero-order chi connectivity index (χ0) is 12.8. The van der Waals surface area contributed by atoms with E-state index in [1.165, 1.54) is 6.07 Å². The van der Waals surface area contributed by atoms with Gasteiger partial charge in [0.05, 0.1) is 17.4 Å². The molecule has 0 unspecified atom stereocenters. The molecule has 0 aliphatic carbocycles. The Labute approximate surface area is 102 Å². The van der Waals surface area contributed by atoms with Crippen LogP contribution in [0.4, 0.5) is 0 Å². The number of ether oxygens (including phenoxy) is 1. The molecular weight excluding hydrogens is 244 g/mol. The quantitative estimate of drug-likeness (QED) is 0.464. The lowest BCUT2D eigenvalue weighted by atomic mass is 10.6. The number of nitrogens with zero attached hydrogens (tertiary/aromatic N) is 1. The molecule has 17 heavy (non-hydrogen) atoms. The third-order valence-corrected chi connectivity index (χ3v) is 2.87. The second kappa shape index (κ2) is 6.29. The average Bonchev–Trinajstić information content (AvgIpc) is 2.26. The fourth-order valence-corrected chi connectivity index (χ4v) is 1.92. The number of carbonyl (C=O) groups is 1. The van der Waals surface area contributed by atoms with Crippen molar-refractivity contribution in [1.29, 1.82) is 0 Å². The van der Waals surface area contributed by atoms with Crippen LogP contribution in [0.2, 0.25) is 0 Å². The molecule has 0 aliphatic rings. The lowest BCUT2D eigenvalue weighted by molar-refractivity contribution is -0.139. The predicted octanol–water partition coefficient (Wildman–Crippen LogP) is 0.212. The van der Waals surface area contributed by atoms with E-state index in [0.717, 1.165) is 16.3 Å². The van der Waals surface area contributed by atoms with E-state index in [0.29, 0.717) is 18.2 Å². The first-order chi connectivity index (χ1) is 8.08. The monoisotopic (exact) mass is 258 g/mol. The lowest BCUT2D eigenvalue weighted by Crippen LogP contribution is -2.34. The van der Waals surface area contributed by atoms with Gasteiger partial charge >= 0.3 is 11.7 Å². The SMILES string of the molecule is CCOC(=O)CSc1cc(=O)n(CC)c(=O)[nH]1. The molecule has 0 amide bonds. The Balaban J connectivity index is 2.77. The Morgan fingerprint density at radius 2 is 2.18 bits per heavy atom. The van der Waals surface area contributed by atoms with Crippen molar-refractivity contribution in [3.8, 4) is 0 Å². The van der Waals surface area contributed by atoms with Gasteiger partial charge in [0.15, 0.2) is 0 Å². The molecule has 1 N–H and O–H groups in total. The van der Waals surface area contributed by atoms with E-state index in [-0.39, 0.29) is 17.3 Å². The van der Waals surface area contributed by atoms with E-state index >= 15 is 0 Å². The molecule has 0 aromatic carbocycles. The zero-order valence-electron chi connectivity index (χ0n) is 9.69. The van der Waals surface area contributed by atoms with Crippen molar-refractivity contribution in [3.05, 3.63) is 26.9 Å². The Hall–Kier alpha value is -1.50. The number of hydrogen-bond acceptors (Lipinski definition) is 5. The summed E-state index contributed by atoms with van der Waals surface area (Å²) in [6.07, 6.45) is 0. The molecule has 7 heteroatoms. The molecule has 0 atom stereocenters. The number of aromatic nitrogens is 2. The smallest absolute Gasteiger partial charge is 0.329 e. The van der Waals surface area contributed by atoms with Gasteiger partial charge in [-0.1, -0.05) is 11.8 Å². The maximum atomic E-state index is 11.5. The molecule has 0 spiro atoms. The highest BCUT2D eigenvalue weighted by Crippen LogP contribution is 2.11. The molecule has 94 valence electrons. The summed E-state index contributed by atoms with van der Waals surface area (Å²) in [6.45, 7) is 4.05. The van der Waals surface area contributed by atoms with Gasteiger partial charge in [-0.2, -0.15) is 0 Å². The third-order valence-electron chi connectivity index (χ3n) is 1.96. The van der Waals surface area contributed by atoms with Gasteiger partial charge in [-0.15, -0.1) is 0 Å². The number of carbonyl (C=O) groups excluding carboxylic acids is 1. The molecule has 0 bridgehead atoms. The fourth-order valence-electron chi connectivity index (χ4n) is 1.22. The van der Waals surface area contributed by atoms with Gasteiger partial charge in [0, 0.05) is 12.6 Å². The van der Waals surface area contributed by atoms with Crippen LogP contribution in [0, 0.1) is 0 Å². The minimum atomic E-state index is -0.466. The number of H-pyrrole nitrogens is 1. The van der Waals surface area contributed by atoms with Crippen LogP contribution in [0.3, 0.4) is 0 Å². The molecular formula is C10H14N2O4S. The van der Waals surface area contributed by atoms with Crippen LogP contribution in [0.5, 0.6) is 0 Å². The van der Waals surface area contributed by atoms with E-state index in [4.69, 9.17) is 4.74 Å². The molecule has 0 saturated heterocycles. The van der Waals surface area contributed by atoms with Gasteiger partial charge in [0.1, 0.15) is 0 Å². The van der Waals surface area contributed by atoms with E-state index < -0.39 is 5.69 Å². The maximum Gasteiger partial charge on any atom is 0.329 e. The summed E-state index contributed by atoms with van der Waals surface area (Å²) in [5.74, 6) is -0.308. The van der Waals surface area contributed by atoms with Gasteiger partial charge in [-0.05, 0) is 13.8 Å². The Morgan fingerprint density at radius 1 is 1.47 bits per heavy atom. The number of hydrogen-bond donors (Lipinski definition) is 1. The fraction of sp³-hybridized carbons (Fsp3) is 0.500. The van der Waals surface area contributed by atoms with E-state index in [9.17, 15) is 14.4 Å². The van der Waals surface area contributed by atoms with Gasteiger partial charge in [0.2, 0.25) is 0 Å². The molecule has 6 nitrogen and oxygen atoms in total. The number of thioether (sulfide) groups is 1. The second-order valence-electron chi connectivity index (χ2n) is 3.11. The van der Waals surface area contributed by atoms with Crippen LogP contribution in [-0.2, 0) is 16.1 Å². The van der Waals surface area contributed by atoms with Crippen LogP contribution in [0.1, 0.15) is 13.8 Å². The summed E-state index contributed by atoms with van der Waals surface area (Å²) in [5.41, 5.74) is -0.839. The Bertz CT molecular complexity index is 475.